The topological polar surface area (TPSA) is 37.9 Å². The molecule has 0 atom stereocenters. The maximum Gasteiger partial charge on any atom is 0.130 e. The zero-order chi connectivity index (χ0) is 12.4. The first-order valence-electron chi connectivity index (χ1n) is 5.95. The molecule has 3 nitrogen and oxygen atoms in total. The lowest BCUT2D eigenvalue weighted by atomic mass is 10.1. The van der Waals surface area contributed by atoms with Crippen LogP contribution in [0.2, 0.25) is 0 Å². The van der Waals surface area contributed by atoms with Crippen molar-refractivity contribution in [3.05, 3.63) is 59.8 Å². The molecule has 0 amide bonds. The van der Waals surface area contributed by atoms with Crippen molar-refractivity contribution in [3.63, 3.8) is 0 Å². The number of aromatic amines is 1. The van der Waals surface area contributed by atoms with Gasteiger partial charge in [0.2, 0.25) is 0 Å². The van der Waals surface area contributed by atoms with E-state index in [2.05, 4.69) is 23.2 Å². The van der Waals surface area contributed by atoms with Gasteiger partial charge < -0.3 is 4.74 Å². The number of nitrogens with zero attached hydrogens (tertiary/aromatic N) is 1. The van der Waals surface area contributed by atoms with Crippen LogP contribution in [0.25, 0.3) is 10.9 Å². The van der Waals surface area contributed by atoms with Crippen LogP contribution >= 0.6 is 0 Å². The third-order valence-corrected chi connectivity index (χ3v) is 2.99. The Hall–Kier alpha value is -2.29. The van der Waals surface area contributed by atoms with Crippen molar-refractivity contribution in [1.29, 1.82) is 0 Å². The fourth-order valence-electron chi connectivity index (χ4n) is 2.10. The van der Waals surface area contributed by atoms with E-state index in [1.807, 2.05) is 42.5 Å². The molecule has 0 saturated heterocycles. The molecule has 0 spiro atoms. The van der Waals surface area contributed by atoms with Crippen molar-refractivity contribution in [2.45, 2.75) is 13.5 Å². The van der Waals surface area contributed by atoms with Crippen LogP contribution in [0.3, 0.4) is 0 Å². The molecule has 0 saturated carbocycles. The highest BCUT2D eigenvalue weighted by molar-refractivity contribution is 5.84. The number of fused-ring (bicyclic) bond motifs is 1. The van der Waals surface area contributed by atoms with Crippen LogP contribution < -0.4 is 4.74 Å². The number of ether oxygens (including phenoxy) is 1. The SMILES string of the molecule is Cc1cccc2n[nH]c(COc3ccccc3)c12. The maximum atomic E-state index is 5.74. The van der Waals surface area contributed by atoms with E-state index >= 15 is 0 Å². The lowest BCUT2D eigenvalue weighted by Crippen LogP contribution is -1.96. The molecule has 0 bridgehead atoms. The van der Waals surface area contributed by atoms with Gasteiger partial charge in [-0.2, -0.15) is 5.10 Å². The summed E-state index contributed by atoms with van der Waals surface area (Å²) in [7, 11) is 0. The van der Waals surface area contributed by atoms with E-state index in [4.69, 9.17) is 4.74 Å². The van der Waals surface area contributed by atoms with Crippen molar-refractivity contribution >= 4 is 10.9 Å². The van der Waals surface area contributed by atoms with Gasteiger partial charge in [-0.3, -0.25) is 5.10 Å². The van der Waals surface area contributed by atoms with Gasteiger partial charge in [0, 0.05) is 5.39 Å². The van der Waals surface area contributed by atoms with Gasteiger partial charge in [0.25, 0.3) is 0 Å². The van der Waals surface area contributed by atoms with E-state index < -0.39 is 0 Å². The lowest BCUT2D eigenvalue weighted by Gasteiger charge is -2.05. The minimum Gasteiger partial charge on any atom is -0.487 e. The monoisotopic (exact) mass is 238 g/mol. The highest BCUT2D eigenvalue weighted by atomic mass is 16.5. The average Bonchev–Trinajstić information content (AvgIpc) is 2.82. The van der Waals surface area contributed by atoms with Crippen molar-refractivity contribution in [2.24, 2.45) is 0 Å². The van der Waals surface area contributed by atoms with Gasteiger partial charge in [0.05, 0.1) is 11.2 Å². The first kappa shape index (κ1) is 10.8. The highest BCUT2D eigenvalue weighted by Gasteiger charge is 2.07. The number of hydrogen-bond donors (Lipinski definition) is 1. The molecular weight excluding hydrogens is 224 g/mol. The van der Waals surface area contributed by atoms with E-state index in [1.165, 1.54) is 5.56 Å². The molecule has 18 heavy (non-hydrogen) atoms. The Labute approximate surface area is 105 Å². The molecule has 3 rings (SSSR count). The fourth-order valence-corrected chi connectivity index (χ4v) is 2.10. The van der Waals surface area contributed by atoms with E-state index in [0.717, 1.165) is 22.3 Å². The highest BCUT2D eigenvalue weighted by Crippen LogP contribution is 2.21. The Bertz CT molecular complexity index is 659. The van der Waals surface area contributed by atoms with Crippen LogP contribution in [-0.4, -0.2) is 10.2 Å². The molecule has 0 aliphatic rings. The summed E-state index contributed by atoms with van der Waals surface area (Å²) in [4.78, 5) is 0. The van der Waals surface area contributed by atoms with Crippen molar-refractivity contribution < 1.29 is 4.74 Å². The third kappa shape index (κ3) is 1.95. The average molecular weight is 238 g/mol. The largest absolute Gasteiger partial charge is 0.487 e. The van der Waals surface area contributed by atoms with E-state index in [0.29, 0.717) is 6.61 Å². The molecule has 3 heteroatoms. The second-order valence-electron chi connectivity index (χ2n) is 4.27. The summed E-state index contributed by atoms with van der Waals surface area (Å²) in [5.74, 6) is 0.869. The van der Waals surface area contributed by atoms with Crippen LogP contribution in [0.4, 0.5) is 0 Å². The van der Waals surface area contributed by atoms with E-state index in [9.17, 15) is 0 Å². The molecule has 1 heterocycles. The predicted molar refractivity (Wildman–Crippen MR) is 71.6 cm³/mol. The summed E-state index contributed by atoms with van der Waals surface area (Å²) >= 11 is 0. The number of rotatable bonds is 3. The second kappa shape index (κ2) is 4.53. The minimum absolute atomic E-state index is 0.505. The smallest absolute Gasteiger partial charge is 0.130 e. The number of H-pyrrole nitrogens is 1. The Morgan fingerprint density at radius 1 is 1.06 bits per heavy atom. The first-order chi connectivity index (χ1) is 8.84. The molecule has 1 N–H and O–H groups in total. The standard InChI is InChI=1S/C15H14N2O/c1-11-6-5-9-13-15(11)14(17-16-13)10-18-12-7-3-2-4-8-12/h2-9H,10H2,1H3,(H,16,17). The molecule has 0 aliphatic carbocycles. The van der Waals surface area contributed by atoms with Gasteiger partial charge in [0.15, 0.2) is 0 Å². The zero-order valence-electron chi connectivity index (χ0n) is 10.2. The summed E-state index contributed by atoms with van der Waals surface area (Å²) in [5.41, 5.74) is 3.22. The Balaban J connectivity index is 1.87. The molecule has 0 radical (unpaired) electrons. The van der Waals surface area contributed by atoms with Gasteiger partial charge in [-0.25, -0.2) is 0 Å². The molecule has 0 unspecified atom stereocenters. The van der Waals surface area contributed by atoms with Crippen molar-refractivity contribution in [3.8, 4) is 5.75 Å². The number of aromatic nitrogens is 2. The van der Waals surface area contributed by atoms with Crippen molar-refractivity contribution in [1.82, 2.24) is 10.2 Å². The van der Waals surface area contributed by atoms with Gasteiger partial charge >= 0.3 is 0 Å². The summed E-state index contributed by atoms with van der Waals surface area (Å²) in [6.45, 7) is 2.59. The number of nitrogens with one attached hydrogen (secondary N) is 1. The van der Waals surface area contributed by atoms with Gasteiger partial charge in [0.1, 0.15) is 12.4 Å². The van der Waals surface area contributed by atoms with Gasteiger partial charge in [-0.05, 0) is 30.7 Å². The van der Waals surface area contributed by atoms with Gasteiger partial charge in [-0.15, -0.1) is 0 Å². The fraction of sp³-hybridized carbons (Fsp3) is 0.133. The predicted octanol–water partition coefficient (Wildman–Crippen LogP) is 3.45. The normalized spacial score (nSPS) is 10.7. The minimum atomic E-state index is 0.505. The molecule has 3 aromatic rings. The van der Waals surface area contributed by atoms with Crippen LogP contribution in [0, 0.1) is 6.92 Å². The number of hydrogen-bond acceptors (Lipinski definition) is 2. The maximum absolute atomic E-state index is 5.74. The number of benzene rings is 2. The molecular formula is C15H14N2O. The molecule has 0 aliphatic heterocycles. The summed E-state index contributed by atoms with van der Waals surface area (Å²) in [6.07, 6.45) is 0. The second-order valence-corrected chi connectivity index (χ2v) is 4.27. The molecule has 1 aromatic heterocycles. The third-order valence-electron chi connectivity index (χ3n) is 2.99. The zero-order valence-corrected chi connectivity index (χ0v) is 10.2. The molecule has 90 valence electrons. The Morgan fingerprint density at radius 3 is 2.72 bits per heavy atom. The lowest BCUT2D eigenvalue weighted by molar-refractivity contribution is 0.302. The van der Waals surface area contributed by atoms with Crippen molar-refractivity contribution in [2.75, 3.05) is 0 Å². The van der Waals surface area contributed by atoms with E-state index in [1.54, 1.807) is 0 Å². The Morgan fingerprint density at radius 2 is 1.89 bits per heavy atom. The van der Waals surface area contributed by atoms with Gasteiger partial charge in [-0.1, -0.05) is 30.3 Å². The number of aryl methyl sites for hydroxylation is 1. The molecule has 2 aromatic carbocycles. The first-order valence-corrected chi connectivity index (χ1v) is 5.95. The quantitative estimate of drug-likeness (QED) is 0.759. The summed E-state index contributed by atoms with van der Waals surface area (Å²) < 4.78 is 5.74. The molecule has 0 fully saturated rings. The Kier molecular flexibility index (Phi) is 2.73. The van der Waals surface area contributed by atoms with Crippen LogP contribution in [-0.2, 0) is 6.61 Å². The van der Waals surface area contributed by atoms with Crippen LogP contribution in [0.1, 0.15) is 11.3 Å². The summed E-state index contributed by atoms with van der Waals surface area (Å²) in [5, 5.41) is 8.50. The van der Waals surface area contributed by atoms with Crippen LogP contribution in [0.15, 0.2) is 48.5 Å². The number of para-hydroxylation sites is 1. The summed E-state index contributed by atoms with van der Waals surface area (Å²) in [6, 6.07) is 15.9. The van der Waals surface area contributed by atoms with Crippen LogP contribution in [0.5, 0.6) is 5.75 Å². The van der Waals surface area contributed by atoms with E-state index in [-0.39, 0.29) is 0 Å².